The van der Waals surface area contributed by atoms with Crippen LogP contribution in [0.3, 0.4) is 0 Å². The van der Waals surface area contributed by atoms with Crippen LogP contribution in [-0.4, -0.2) is 65.7 Å². The van der Waals surface area contributed by atoms with Gasteiger partial charge in [-0.25, -0.2) is 4.79 Å². The van der Waals surface area contributed by atoms with Gasteiger partial charge in [0, 0.05) is 19.1 Å². The summed E-state index contributed by atoms with van der Waals surface area (Å²) in [6.07, 6.45) is 0. The van der Waals surface area contributed by atoms with Crippen molar-refractivity contribution in [2.75, 3.05) is 26.7 Å². The first-order valence-corrected chi connectivity index (χ1v) is 6.63. The fourth-order valence-electron chi connectivity index (χ4n) is 2.30. The molecular weight excluding hydrogens is 264 g/mol. The zero-order valence-electron chi connectivity index (χ0n) is 12.3. The third-order valence-corrected chi connectivity index (χ3v) is 3.60. The van der Waals surface area contributed by atoms with Crippen LogP contribution in [0.5, 0.6) is 0 Å². The molecule has 0 saturated carbocycles. The Balaban J connectivity index is 2.76. The van der Waals surface area contributed by atoms with E-state index in [2.05, 4.69) is 4.74 Å². The van der Waals surface area contributed by atoms with Gasteiger partial charge in [-0.3, -0.25) is 9.59 Å². The average Bonchev–Trinajstić information content (AvgIpc) is 2.76. The van der Waals surface area contributed by atoms with Crippen LogP contribution in [0, 0.1) is 11.8 Å². The molecule has 0 aromatic carbocycles. The molecule has 1 aliphatic heterocycles. The van der Waals surface area contributed by atoms with Gasteiger partial charge in [-0.1, -0.05) is 6.92 Å². The van der Waals surface area contributed by atoms with E-state index >= 15 is 0 Å². The van der Waals surface area contributed by atoms with Crippen molar-refractivity contribution in [1.29, 1.82) is 0 Å². The second-order valence-electron chi connectivity index (χ2n) is 5.41. The van der Waals surface area contributed by atoms with Crippen LogP contribution in [0.2, 0.25) is 0 Å². The minimum Gasteiger partial charge on any atom is -0.481 e. The van der Waals surface area contributed by atoms with Gasteiger partial charge in [0.05, 0.1) is 13.0 Å². The van der Waals surface area contributed by atoms with Crippen molar-refractivity contribution in [1.82, 2.24) is 9.80 Å². The molecule has 0 spiro atoms. The molecule has 0 radical (unpaired) electrons. The number of aliphatic carboxylic acids is 1. The predicted molar refractivity (Wildman–Crippen MR) is 71.1 cm³/mol. The molecule has 7 heteroatoms. The number of rotatable bonds is 4. The van der Waals surface area contributed by atoms with Crippen LogP contribution in [0.1, 0.15) is 20.8 Å². The molecule has 1 fully saturated rings. The Morgan fingerprint density at radius 3 is 2.35 bits per heavy atom. The quantitative estimate of drug-likeness (QED) is 0.766. The molecule has 114 valence electrons. The van der Waals surface area contributed by atoms with Gasteiger partial charge in [0.15, 0.2) is 0 Å². The third-order valence-electron chi connectivity index (χ3n) is 3.60. The van der Waals surface area contributed by atoms with Gasteiger partial charge in [-0.15, -0.1) is 0 Å². The lowest BCUT2D eigenvalue weighted by molar-refractivity contribution is -0.143. The molecule has 0 aromatic heterocycles. The van der Waals surface area contributed by atoms with Gasteiger partial charge in [0.2, 0.25) is 0 Å². The molecule has 1 saturated heterocycles. The largest absolute Gasteiger partial charge is 0.481 e. The predicted octanol–water partition coefficient (Wildman–Crippen LogP) is 0.642. The van der Waals surface area contributed by atoms with Crippen LogP contribution in [-0.2, 0) is 14.3 Å². The standard InChI is InChI=1S/C13H22N2O5/c1-8(2)15(7-11(16)20-4)13(19)14-5-9(3)10(6-14)12(17)18/h8-10H,5-7H2,1-4H3,(H,17,18). The summed E-state index contributed by atoms with van der Waals surface area (Å²) in [7, 11) is 1.27. The Bertz CT molecular complexity index is 396. The van der Waals surface area contributed by atoms with Gasteiger partial charge in [0.1, 0.15) is 6.54 Å². The molecule has 1 aliphatic rings. The maximum atomic E-state index is 12.4. The first kappa shape index (κ1) is 16.3. The number of methoxy groups -OCH3 is 1. The van der Waals surface area contributed by atoms with Crippen LogP contribution < -0.4 is 0 Å². The van der Waals surface area contributed by atoms with E-state index in [9.17, 15) is 14.4 Å². The molecule has 0 aliphatic carbocycles. The van der Waals surface area contributed by atoms with Gasteiger partial charge in [0.25, 0.3) is 0 Å². The van der Waals surface area contributed by atoms with Crippen molar-refractivity contribution in [3.8, 4) is 0 Å². The average molecular weight is 286 g/mol. The van der Waals surface area contributed by atoms with Crippen molar-refractivity contribution < 1.29 is 24.2 Å². The zero-order chi connectivity index (χ0) is 15.4. The van der Waals surface area contributed by atoms with Crippen LogP contribution in [0.25, 0.3) is 0 Å². The molecule has 0 bridgehead atoms. The van der Waals surface area contributed by atoms with E-state index in [0.717, 1.165) is 0 Å². The summed E-state index contributed by atoms with van der Waals surface area (Å²) >= 11 is 0. The summed E-state index contributed by atoms with van der Waals surface area (Å²) in [4.78, 5) is 37.7. The van der Waals surface area contributed by atoms with E-state index in [1.807, 2.05) is 6.92 Å². The van der Waals surface area contributed by atoms with Crippen LogP contribution in [0.4, 0.5) is 4.79 Å². The fraction of sp³-hybridized carbons (Fsp3) is 0.769. The Hall–Kier alpha value is -1.79. The maximum Gasteiger partial charge on any atom is 0.325 e. The molecule has 1 N–H and O–H groups in total. The van der Waals surface area contributed by atoms with Crippen molar-refractivity contribution in [2.45, 2.75) is 26.8 Å². The number of urea groups is 1. The number of hydrogen-bond donors (Lipinski definition) is 1. The number of esters is 1. The highest BCUT2D eigenvalue weighted by Crippen LogP contribution is 2.24. The Morgan fingerprint density at radius 2 is 1.95 bits per heavy atom. The number of carboxylic acid groups (broad SMARTS) is 1. The number of hydrogen-bond acceptors (Lipinski definition) is 4. The molecule has 1 heterocycles. The van der Waals surface area contributed by atoms with Crippen molar-refractivity contribution in [3.05, 3.63) is 0 Å². The number of carboxylic acids is 1. The number of nitrogens with zero attached hydrogens (tertiary/aromatic N) is 2. The number of carbonyl (C=O) groups is 3. The minimum atomic E-state index is -0.892. The van der Waals surface area contributed by atoms with Gasteiger partial charge < -0.3 is 19.6 Å². The van der Waals surface area contributed by atoms with E-state index in [1.54, 1.807) is 13.8 Å². The number of ether oxygens (including phenoxy) is 1. The Kier molecular flexibility index (Phi) is 5.35. The summed E-state index contributed by atoms with van der Waals surface area (Å²) in [5.74, 6) is -2.03. The zero-order valence-corrected chi connectivity index (χ0v) is 12.3. The van der Waals surface area contributed by atoms with E-state index in [4.69, 9.17) is 5.11 Å². The van der Waals surface area contributed by atoms with E-state index in [0.29, 0.717) is 6.54 Å². The molecule has 1 rings (SSSR count). The molecule has 20 heavy (non-hydrogen) atoms. The lowest BCUT2D eigenvalue weighted by Crippen LogP contribution is -2.48. The highest BCUT2D eigenvalue weighted by atomic mass is 16.5. The Labute approximate surface area is 118 Å². The lowest BCUT2D eigenvalue weighted by atomic mass is 9.99. The van der Waals surface area contributed by atoms with E-state index in [-0.39, 0.29) is 31.1 Å². The Morgan fingerprint density at radius 1 is 1.35 bits per heavy atom. The smallest absolute Gasteiger partial charge is 0.325 e. The molecule has 2 amide bonds. The minimum absolute atomic E-state index is 0.0939. The van der Waals surface area contributed by atoms with Crippen molar-refractivity contribution in [2.24, 2.45) is 11.8 Å². The molecule has 7 nitrogen and oxygen atoms in total. The van der Waals surface area contributed by atoms with Crippen LogP contribution >= 0.6 is 0 Å². The number of likely N-dealkylation sites (tertiary alicyclic amines) is 1. The maximum absolute atomic E-state index is 12.4. The van der Waals surface area contributed by atoms with Crippen molar-refractivity contribution >= 4 is 18.0 Å². The SMILES string of the molecule is COC(=O)CN(C(=O)N1CC(C)C(C(=O)O)C1)C(C)C. The number of amides is 2. The second-order valence-corrected chi connectivity index (χ2v) is 5.41. The first-order valence-electron chi connectivity index (χ1n) is 6.63. The summed E-state index contributed by atoms with van der Waals surface area (Å²) in [5.41, 5.74) is 0. The fourth-order valence-corrected chi connectivity index (χ4v) is 2.30. The van der Waals surface area contributed by atoms with Crippen LogP contribution in [0.15, 0.2) is 0 Å². The highest BCUT2D eigenvalue weighted by molar-refractivity contribution is 5.82. The third kappa shape index (κ3) is 3.61. The number of carbonyl (C=O) groups excluding carboxylic acids is 2. The monoisotopic (exact) mass is 286 g/mol. The summed E-state index contributed by atoms with van der Waals surface area (Å²) in [6, 6.07) is -0.484. The first-order chi connectivity index (χ1) is 9.27. The molecule has 0 aromatic rings. The molecule has 2 atom stereocenters. The second kappa shape index (κ2) is 6.58. The summed E-state index contributed by atoms with van der Waals surface area (Å²) < 4.78 is 4.58. The topological polar surface area (TPSA) is 87.2 Å². The summed E-state index contributed by atoms with van der Waals surface area (Å²) in [6.45, 7) is 5.85. The van der Waals surface area contributed by atoms with E-state index < -0.39 is 17.9 Å². The molecule has 2 unspecified atom stereocenters. The molecular formula is C13H22N2O5. The van der Waals surface area contributed by atoms with E-state index in [1.165, 1.54) is 16.9 Å². The van der Waals surface area contributed by atoms with Crippen molar-refractivity contribution in [3.63, 3.8) is 0 Å². The van der Waals surface area contributed by atoms with Gasteiger partial charge in [-0.2, -0.15) is 0 Å². The summed E-state index contributed by atoms with van der Waals surface area (Å²) in [5, 5.41) is 9.09. The highest BCUT2D eigenvalue weighted by Gasteiger charge is 2.39. The van der Waals surface area contributed by atoms with Gasteiger partial charge >= 0.3 is 18.0 Å². The van der Waals surface area contributed by atoms with Gasteiger partial charge in [-0.05, 0) is 19.8 Å². The lowest BCUT2D eigenvalue weighted by Gasteiger charge is -2.30. The normalized spacial score (nSPS) is 21.9.